The summed E-state index contributed by atoms with van der Waals surface area (Å²) in [6.45, 7) is 1.81. The molecule has 6 nitrogen and oxygen atoms in total. The highest BCUT2D eigenvalue weighted by atomic mass is 16.6. The van der Waals surface area contributed by atoms with Gasteiger partial charge in [-0.3, -0.25) is 4.79 Å². The third kappa shape index (κ3) is 5.73. The van der Waals surface area contributed by atoms with E-state index in [1.165, 1.54) is 6.07 Å². The first-order chi connectivity index (χ1) is 12.6. The van der Waals surface area contributed by atoms with Gasteiger partial charge in [0.25, 0.3) is 5.91 Å². The predicted octanol–water partition coefficient (Wildman–Crippen LogP) is 3.44. The summed E-state index contributed by atoms with van der Waals surface area (Å²) in [5, 5.41) is 2.68. The van der Waals surface area contributed by atoms with Gasteiger partial charge in [-0.25, -0.2) is 9.59 Å². The van der Waals surface area contributed by atoms with E-state index in [0.717, 1.165) is 12.8 Å². The zero-order valence-electron chi connectivity index (χ0n) is 14.6. The Balaban J connectivity index is 1.98. The normalized spacial score (nSPS) is 10.0. The third-order valence-corrected chi connectivity index (χ3v) is 3.51. The van der Waals surface area contributed by atoms with E-state index >= 15 is 0 Å². The van der Waals surface area contributed by atoms with Crippen molar-refractivity contribution in [1.29, 1.82) is 0 Å². The van der Waals surface area contributed by atoms with Crippen molar-refractivity contribution < 1.29 is 23.9 Å². The zero-order chi connectivity index (χ0) is 18.8. The van der Waals surface area contributed by atoms with Gasteiger partial charge in [0.05, 0.1) is 17.9 Å². The first-order valence-electron chi connectivity index (χ1n) is 8.40. The van der Waals surface area contributed by atoms with E-state index in [-0.39, 0.29) is 11.5 Å². The van der Waals surface area contributed by atoms with E-state index in [2.05, 4.69) is 5.32 Å². The van der Waals surface area contributed by atoms with E-state index < -0.39 is 18.5 Å². The second-order valence-electron chi connectivity index (χ2n) is 5.52. The molecular formula is C20H21NO5. The predicted molar refractivity (Wildman–Crippen MR) is 97.0 cm³/mol. The van der Waals surface area contributed by atoms with Crippen LogP contribution in [0.15, 0.2) is 54.6 Å². The molecule has 0 aliphatic rings. The van der Waals surface area contributed by atoms with Crippen LogP contribution in [-0.2, 0) is 14.3 Å². The van der Waals surface area contributed by atoms with E-state index in [9.17, 15) is 14.4 Å². The van der Waals surface area contributed by atoms with Gasteiger partial charge in [0, 0.05) is 5.56 Å². The molecule has 6 heteroatoms. The zero-order valence-corrected chi connectivity index (χ0v) is 14.6. The smallest absolute Gasteiger partial charge is 0.344 e. The molecule has 0 aliphatic carbocycles. The maximum atomic E-state index is 12.3. The Labute approximate surface area is 152 Å². The SMILES string of the molecule is CCCCOC(=O)COC(=O)c1ccccc1NC(=O)c1ccccc1. The van der Waals surface area contributed by atoms with Crippen molar-refractivity contribution in [1.82, 2.24) is 0 Å². The van der Waals surface area contributed by atoms with Crippen LogP contribution in [-0.4, -0.2) is 31.1 Å². The summed E-state index contributed by atoms with van der Waals surface area (Å²) in [6, 6.07) is 15.1. The van der Waals surface area contributed by atoms with Gasteiger partial charge in [-0.05, 0) is 30.7 Å². The minimum absolute atomic E-state index is 0.165. The Morgan fingerprint density at radius 2 is 1.62 bits per heavy atom. The lowest BCUT2D eigenvalue weighted by molar-refractivity contribution is -0.147. The van der Waals surface area contributed by atoms with E-state index in [1.807, 2.05) is 13.0 Å². The van der Waals surface area contributed by atoms with Crippen LogP contribution in [0.1, 0.15) is 40.5 Å². The molecule has 2 aromatic carbocycles. The van der Waals surface area contributed by atoms with Gasteiger partial charge in [-0.15, -0.1) is 0 Å². The minimum atomic E-state index is -0.707. The summed E-state index contributed by atoms with van der Waals surface area (Å²) >= 11 is 0. The summed E-state index contributed by atoms with van der Waals surface area (Å²) in [4.78, 5) is 36.0. The van der Waals surface area contributed by atoms with E-state index in [4.69, 9.17) is 9.47 Å². The van der Waals surface area contributed by atoms with Gasteiger partial charge in [0.2, 0.25) is 0 Å². The molecule has 0 radical (unpaired) electrons. The molecule has 0 bridgehead atoms. The second-order valence-corrected chi connectivity index (χ2v) is 5.52. The molecule has 0 aromatic heterocycles. The van der Waals surface area contributed by atoms with Crippen molar-refractivity contribution >= 4 is 23.5 Å². The van der Waals surface area contributed by atoms with Crippen molar-refractivity contribution in [3.05, 3.63) is 65.7 Å². The molecule has 0 saturated carbocycles. The maximum absolute atomic E-state index is 12.3. The number of carbonyl (C=O) groups is 3. The molecule has 0 unspecified atom stereocenters. The van der Waals surface area contributed by atoms with Crippen LogP contribution in [0.5, 0.6) is 0 Å². The van der Waals surface area contributed by atoms with E-state index in [1.54, 1.807) is 42.5 Å². The molecule has 0 spiro atoms. The average molecular weight is 355 g/mol. The van der Waals surface area contributed by atoms with E-state index in [0.29, 0.717) is 17.9 Å². The molecule has 26 heavy (non-hydrogen) atoms. The second kappa shape index (κ2) is 9.98. The summed E-state index contributed by atoms with van der Waals surface area (Å²) in [6.07, 6.45) is 1.66. The Kier molecular flexibility index (Phi) is 7.36. The number of unbranched alkanes of at least 4 members (excludes halogenated alkanes) is 1. The maximum Gasteiger partial charge on any atom is 0.344 e. The van der Waals surface area contributed by atoms with Gasteiger partial charge in [0.1, 0.15) is 0 Å². The van der Waals surface area contributed by atoms with Gasteiger partial charge in [-0.2, -0.15) is 0 Å². The number of hydrogen-bond donors (Lipinski definition) is 1. The van der Waals surface area contributed by atoms with Crippen molar-refractivity contribution in [2.45, 2.75) is 19.8 Å². The number of hydrogen-bond acceptors (Lipinski definition) is 5. The van der Waals surface area contributed by atoms with Crippen LogP contribution in [0.25, 0.3) is 0 Å². The molecule has 0 atom stereocenters. The topological polar surface area (TPSA) is 81.7 Å². The van der Waals surface area contributed by atoms with Crippen LogP contribution in [0.4, 0.5) is 5.69 Å². The highest BCUT2D eigenvalue weighted by molar-refractivity contribution is 6.08. The number of ether oxygens (including phenoxy) is 2. The molecule has 136 valence electrons. The quantitative estimate of drug-likeness (QED) is 0.579. The van der Waals surface area contributed by atoms with Crippen molar-refractivity contribution in [2.75, 3.05) is 18.5 Å². The van der Waals surface area contributed by atoms with Gasteiger partial charge in [0.15, 0.2) is 6.61 Å². The number of para-hydroxylation sites is 1. The minimum Gasteiger partial charge on any atom is -0.463 e. The number of carbonyl (C=O) groups excluding carboxylic acids is 3. The number of amides is 1. The number of esters is 2. The molecule has 1 N–H and O–H groups in total. The molecule has 2 aromatic rings. The Morgan fingerprint density at radius 1 is 0.923 bits per heavy atom. The highest BCUT2D eigenvalue weighted by Crippen LogP contribution is 2.17. The molecule has 0 saturated heterocycles. The standard InChI is InChI=1S/C20H21NO5/c1-2-3-13-25-18(22)14-26-20(24)16-11-7-8-12-17(16)21-19(23)15-9-5-4-6-10-15/h4-12H,2-3,13-14H2,1H3,(H,21,23). The van der Waals surface area contributed by atoms with Crippen molar-refractivity contribution in [3.8, 4) is 0 Å². The lowest BCUT2D eigenvalue weighted by Gasteiger charge is -2.11. The fraction of sp³-hybridized carbons (Fsp3) is 0.250. The molecule has 0 fully saturated rings. The van der Waals surface area contributed by atoms with Gasteiger partial charge < -0.3 is 14.8 Å². The lowest BCUT2D eigenvalue weighted by atomic mass is 10.1. The molecule has 1 amide bonds. The van der Waals surface area contributed by atoms with Crippen LogP contribution < -0.4 is 5.32 Å². The van der Waals surface area contributed by atoms with Crippen LogP contribution >= 0.6 is 0 Å². The first kappa shape index (κ1) is 19.2. The summed E-state index contributed by atoms with van der Waals surface area (Å²) in [5.74, 6) is -1.65. The Morgan fingerprint density at radius 3 is 2.35 bits per heavy atom. The fourth-order valence-electron chi connectivity index (χ4n) is 2.13. The van der Waals surface area contributed by atoms with Gasteiger partial charge >= 0.3 is 11.9 Å². The van der Waals surface area contributed by atoms with Crippen molar-refractivity contribution in [3.63, 3.8) is 0 Å². The first-order valence-corrected chi connectivity index (χ1v) is 8.40. The lowest BCUT2D eigenvalue weighted by Crippen LogP contribution is -2.19. The molecule has 2 rings (SSSR count). The molecular weight excluding hydrogens is 334 g/mol. The molecule has 0 heterocycles. The summed E-state index contributed by atoms with van der Waals surface area (Å²) < 4.78 is 9.92. The fourth-order valence-corrected chi connectivity index (χ4v) is 2.13. The van der Waals surface area contributed by atoms with Crippen LogP contribution in [0, 0.1) is 0 Å². The number of benzene rings is 2. The largest absolute Gasteiger partial charge is 0.463 e. The number of anilines is 1. The van der Waals surface area contributed by atoms with Crippen molar-refractivity contribution in [2.24, 2.45) is 0 Å². The highest BCUT2D eigenvalue weighted by Gasteiger charge is 2.16. The Bertz CT molecular complexity index is 758. The Hall–Kier alpha value is -3.15. The molecule has 0 aliphatic heterocycles. The van der Waals surface area contributed by atoms with Gasteiger partial charge in [-0.1, -0.05) is 43.7 Å². The number of rotatable bonds is 8. The van der Waals surface area contributed by atoms with Crippen LogP contribution in [0.2, 0.25) is 0 Å². The summed E-state index contributed by atoms with van der Waals surface area (Å²) in [5.41, 5.74) is 0.944. The monoisotopic (exact) mass is 355 g/mol. The summed E-state index contributed by atoms with van der Waals surface area (Å²) in [7, 11) is 0. The third-order valence-electron chi connectivity index (χ3n) is 3.51. The average Bonchev–Trinajstić information content (AvgIpc) is 2.67. The van der Waals surface area contributed by atoms with Crippen LogP contribution in [0.3, 0.4) is 0 Å². The number of nitrogens with one attached hydrogen (secondary N) is 1.